The lowest BCUT2D eigenvalue weighted by molar-refractivity contribution is -0.384. The van der Waals surface area contributed by atoms with Gasteiger partial charge >= 0.3 is 0 Å². The van der Waals surface area contributed by atoms with Crippen LogP contribution in [0.15, 0.2) is 76.6 Å². The average molecular weight is 420 g/mol. The Morgan fingerprint density at radius 2 is 1.97 bits per heavy atom. The van der Waals surface area contributed by atoms with E-state index in [2.05, 4.69) is 15.5 Å². The Bertz CT molecular complexity index is 1160. The van der Waals surface area contributed by atoms with E-state index in [0.29, 0.717) is 16.9 Å². The number of carbonyl (C=O) groups excluding carboxylic acids is 1. The molecule has 2 heterocycles. The van der Waals surface area contributed by atoms with Gasteiger partial charge in [0.25, 0.3) is 11.6 Å². The average Bonchev–Trinajstić information content (AvgIpc) is 3.46. The molecule has 0 bridgehead atoms. The number of benzene rings is 2. The monoisotopic (exact) mass is 420 g/mol. The van der Waals surface area contributed by atoms with Crippen molar-refractivity contribution < 1.29 is 14.2 Å². The highest BCUT2D eigenvalue weighted by molar-refractivity contribution is 7.12. The van der Waals surface area contributed by atoms with Gasteiger partial charge in [0.1, 0.15) is 6.04 Å². The molecule has 0 spiro atoms. The van der Waals surface area contributed by atoms with Crippen LogP contribution in [0.2, 0.25) is 0 Å². The summed E-state index contributed by atoms with van der Waals surface area (Å²) in [6.07, 6.45) is 0.453. The molecular weight excluding hydrogens is 404 g/mol. The maximum atomic E-state index is 12.6. The molecule has 2 aromatic heterocycles. The van der Waals surface area contributed by atoms with E-state index in [1.54, 1.807) is 24.3 Å². The molecule has 4 aromatic rings. The molecule has 4 rings (SSSR count). The van der Waals surface area contributed by atoms with Crippen molar-refractivity contribution in [3.63, 3.8) is 0 Å². The van der Waals surface area contributed by atoms with Crippen LogP contribution in [-0.2, 0) is 6.42 Å². The fraction of sp³-hybridized carbons (Fsp3) is 0.0952. The van der Waals surface area contributed by atoms with E-state index in [-0.39, 0.29) is 23.3 Å². The molecule has 30 heavy (non-hydrogen) atoms. The van der Waals surface area contributed by atoms with E-state index in [9.17, 15) is 14.9 Å². The second kappa shape index (κ2) is 8.66. The maximum Gasteiger partial charge on any atom is 0.270 e. The van der Waals surface area contributed by atoms with Crippen LogP contribution in [0.25, 0.3) is 11.4 Å². The number of nitrogens with one attached hydrogen (secondary N) is 1. The Morgan fingerprint density at radius 3 is 2.70 bits per heavy atom. The largest absolute Gasteiger partial charge is 0.339 e. The zero-order valence-electron chi connectivity index (χ0n) is 15.6. The highest BCUT2D eigenvalue weighted by Gasteiger charge is 2.23. The topological polar surface area (TPSA) is 111 Å². The van der Waals surface area contributed by atoms with Crippen LogP contribution in [0.5, 0.6) is 0 Å². The van der Waals surface area contributed by atoms with Crippen LogP contribution >= 0.6 is 11.3 Å². The predicted molar refractivity (Wildman–Crippen MR) is 111 cm³/mol. The molecule has 0 aliphatic carbocycles. The van der Waals surface area contributed by atoms with Gasteiger partial charge < -0.3 is 9.84 Å². The number of nitro benzene ring substituents is 1. The molecule has 1 N–H and O–H groups in total. The minimum atomic E-state index is -0.554. The summed E-state index contributed by atoms with van der Waals surface area (Å²) in [7, 11) is 0. The van der Waals surface area contributed by atoms with Gasteiger partial charge in [0, 0.05) is 24.1 Å². The first-order valence-corrected chi connectivity index (χ1v) is 9.95. The van der Waals surface area contributed by atoms with Crippen LogP contribution in [0, 0.1) is 10.1 Å². The Labute approximate surface area is 175 Å². The number of thiophene rings is 1. The van der Waals surface area contributed by atoms with Gasteiger partial charge in [0.05, 0.1) is 9.80 Å². The summed E-state index contributed by atoms with van der Waals surface area (Å²) in [4.78, 5) is 28.1. The van der Waals surface area contributed by atoms with Crippen LogP contribution in [-0.4, -0.2) is 21.0 Å². The van der Waals surface area contributed by atoms with Crippen molar-refractivity contribution in [2.75, 3.05) is 0 Å². The summed E-state index contributed by atoms with van der Waals surface area (Å²) >= 11 is 1.34. The van der Waals surface area contributed by atoms with Gasteiger partial charge in [-0.25, -0.2) is 0 Å². The quantitative estimate of drug-likeness (QED) is 0.350. The number of nitrogens with zero attached hydrogens (tertiary/aromatic N) is 3. The third kappa shape index (κ3) is 4.41. The van der Waals surface area contributed by atoms with Crippen LogP contribution < -0.4 is 5.32 Å². The minimum absolute atomic E-state index is 0.0642. The molecule has 0 saturated heterocycles. The van der Waals surface area contributed by atoms with Crippen molar-refractivity contribution in [2.24, 2.45) is 0 Å². The molecule has 0 aliphatic rings. The molecule has 0 fully saturated rings. The molecule has 0 saturated carbocycles. The molecule has 1 amide bonds. The smallest absolute Gasteiger partial charge is 0.270 e. The van der Waals surface area contributed by atoms with E-state index < -0.39 is 11.0 Å². The van der Waals surface area contributed by atoms with E-state index in [1.165, 1.54) is 23.5 Å². The normalized spacial score (nSPS) is 11.7. The summed E-state index contributed by atoms with van der Waals surface area (Å²) in [5.74, 6) is 0.212. The third-order valence-electron chi connectivity index (χ3n) is 4.39. The third-order valence-corrected chi connectivity index (χ3v) is 5.26. The Hall–Kier alpha value is -3.85. The lowest BCUT2D eigenvalue weighted by Crippen LogP contribution is -2.29. The van der Waals surface area contributed by atoms with Gasteiger partial charge in [0.2, 0.25) is 11.7 Å². The fourth-order valence-electron chi connectivity index (χ4n) is 2.94. The van der Waals surface area contributed by atoms with Gasteiger partial charge in [0.15, 0.2) is 0 Å². The molecule has 0 unspecified atom stereocenters. The number of hydrogen-bond donors (Lipinski definition) is 1. The van der Waals surface area contributed by atoms with E-state index in [1.807, 2.05) is 35.7 Å². The molecule has 0 aliphatic heterocycles. The van der Waals surface area contributed by atoms with Gasteiger partial charge in [-0.05, 0) is 17.0 Å². The van der Waals surface area contributed by atoms with E-state index in [0.717, 1.165) is 5.56 Å². The summed E-state index contributed by atoms with van der Waals surface area (Å²) in [6.45, 7) is 0. The predicted octanol–water partition coefficient (Wildman–Crippen LogP) is 4.42. The number of rotatable bonds is 7. The number of non-ortho nitro benzene ring substituents is 1. The second-order valence-corrected chi connectivity index (χ2v) is 7.40. The number of hydrogen-bond acceptors (Lipinski definition) is 7. The van der Waals surface area contributed by atoms with Gasteiger partial charge in [-0.1, -0.05) is 53.7 Å². The first-order chi connectivity index (χ1) is 14.6. The molecule has 1 atom stereocenters. The summed E-state index contributed by atoms with van der Waals surface area (Å²) in [5, 5.41) is 19.8. The van der Waals surface area contributed by atoms with Gasteiger partial charge in [-0.2, -0.15) is 4.98 Å². The SMILES string of the molecule is O=C(N[C@@H](Cc1ccccc1)c1nc(-c2cccc([N+](=O)[O-])c2)no1)c1cccs1. The van der Waals surface area contributed by atoms with Crippen molar-refractivity contribution >= 4 is 22.9 Å². The number of amides is 1. The summed E-state index contributed by atoms with van der Waals surface area (Å²) in [6, 6.07) is 18.6. The lowest BCUT2D eigenvalue weighted by Gasteiger charge is -2.14. The number of aromatic nitrogens is 2. The van der Waals surface area contributed by atoms with Crippen molar-refractivity contribution in [3.05, 3.63) is 98.6 Å². The van der Waals surface area contributed by atoms with Gasteiger partial charge in [-0.3, -0.25) is 14.9 Å². The first-order valence-electron chi connectivity index (χ1n) is 9.07. The van der Waals surface area contributed by atoms with Crippen molar-refractivity contribution in [2.45, 2.75) is 12.5 Å². The minimum Gasteiger partial charge on any atom is -0.339 e. The molecular formula is C21H16N4O4S. The molecule has 8 nitrogen and oxygen atoms in total. The fourth-order valence-corrected chi connectivity index (χ4v) is 3.57. The Kier molecular flexibility index (Phi) is 5.62. The molecule has 150 valence electrons. The Morgan fingerprint density at radius 1 is 1.13 bits per heavy atom. The van der Waals surface area contributed by atoms with Crippen molar-refractivity contribution in [3.8, 4) is 11.4 Å². The molecule has 2 aromatic carbocycles. The second-order valence-electron chi connectivity index (χ2n) is 6.46. The van der Waals surface area contributed by atoms with Crippen LogP contribution in [0.4, 0.5) is 5.69 Å². The molecule has 9 heteroatoms. The summed E-state index contributed by atoms with van der Waals surface area (Å²) in [5.41, 5.74) is 1.39. The van der Waals surface area contributed by atoms with Gasteiger partial charge in [-0.15, -0.1) is 11.3 Å². The van der Waals surface area contributed by atoms with E-state index >= 15 is 0 Å². The first kappa shape index (κ1) is 19.5. The Balaban J connectivity index is 1.62. The lowest BCUT2D eigenvalue weighted by atomic mass is 10.1. The zero-order chi connectivity index (χ0) is 20.9. The highest BCUT2D eigenvalue weighted by Crippen LogP contribution is 2.25. The zero-order valence-corrected chi connectivity index (χ0v) is 16.4. The number of nitro groups is 1. The van der Waals surface area contributed by atoms with Crippen molar-refractivity contribution in [1.29, 1.82) is 0 Å². The van der Waals surface area contributed by atoms with Crippen molar-refractivity contribution in [1.82, 2.24) is 15.5 Å². The molecule has 0 radical (unpaired) electrons. The van der Waals surface area contributed by atoms with Crippen LogP contribution in [0.3, 0.4) is 0 Å². The van der Waals surface area contributed by atoms with Crippen LogP contribution in [0.1, 0.15) is 27.2 Å². The standard InChI is InChI=1S/C21H16N4O4S/c26-20(18-10-5-11-30-18)22-17(12-14-6-2-1-3-7-14)21-23-19(24-29-21)15-8-4-9-16(13-15)25(27)28/h1-11,13,17H,12H2,(H,22,26)/t17-/m0/s1. The summed E-state index contributed by atoms with van der Waals surface area (Å²) < 4.78 is 5.43. The van der Waals surface area contributed by atoms with E-state index in [4.69, 9.17) is 4.52 Å². The highest BCUT2D eigenvalue weighted by atomic mass is 32.1. The number of carbonyl (C=O) groups is 1. The maximum absolute atomic E-state index is 12.6.